The van der Waals surface area contributed by atoms with Gasteiger partial charge in [-0.15, -0.1) is 0 Å². The third-order valence-corrected chi connectivity index (χ3v) is 4.29. The average Bonchev–Trinajstić information content (AvgIpc) is 2.58. The van der Waals surface area contributed by atoms with E-state index in [1.807, 2.05) is 50.2 Å². The van der Waals surface area contributed by atoms with E-state index in [0.717, 1.165) is 32.8 Å². The van der Waals surface area contributed by atoms with Crippen LogP contribution in [0.1, 0.15) is 11.1 Å². The highest BCUT2D eigenvalue weighted by Crippen LogP contribution is 2.25. The molecule has 1 N–H and O–H groups in total. The lowest BCUT2D eigenvalue weighted by Gasteiger charge is -2.20. The second-order valence-electron chi connectivity index (χ2n) is 5.79. The number of amides is 2. The molecular weight excluding hydrogens is 384 g/mol. The summed E-state index contributed by atoms with van der Waals surface area (Å²) in [5.74, 6) is 1.53. The van der Waals surface area contributed by atoms with Gasteiger partial charge in [0.05, 0.1) is 13.7 Å². The Kier molecular flexibility index (Phi) is 6.70. The van der Waals surface area contributed by atoms with E-state index < -0.39 is 0 Å². The first-order valence-corrected chi connectivity index (χ1v) is 8.75. The van der Waals surface area contributed by atoms with Gasteiger partial charge in [-0.05, 0) is 61.4 Å². The van der Waals surface area contributed by atoms with Crippen molar-refractivity contribution in [3.8, 4) is 11.5 Å². The van der Waals surface area contributed by atoms with Crippen molar-refractivity contribution in [3.63, 3.8) is 0 Å². The largest absolute Gasteiger partial charge is 0.497 e. The molecule has 0 spiro atoms. The Morgan fingerprint density at radius 3 is 2.24 bits per heavy atom. The third-order valence-electron chi connectivity index (χ3n) is 3.83. The first-order chi connectivity index (χ1) is 11.9. The predicted octanol–water partition coefficient (Wildman–Crippen LogP) is 4.62. The molecule has 0 saturated heterocycles. The van der Waals surface area contributed by atoms with Crippen molar-refractivity contribution in [2.24, 2.45) is 0 Å². The number of benzene rings is 2. The summed E-state index contributed by atoms with van der Waals surface area (Å²) in [5, 5.41) is 2.96. The van der Waals surface area contributed by atoms with Gasteiger partial charge >= 0.3 is 6.03 Å². The molecule has 134 valence electrons. The Morgan fingerprint density at radius 1 is 1.12 bits per heavy atom. The lowest BCUT2D eigenvalue weighted by atomic mass is 10.1. The van der Waals surface area contributed by atoms with E-state index in [1.165, 1.54) is 0 Å². The maximum atomic E-state index is 12.4. The van der Waals surface area contributed by atoms with Crippen molar-refractivity contribution >= 4 is 27.6 Å². The van der Waals surface area contributed by atoms with Crippen molar-refractivity contribution in [1.29, 1.82) is 0 Å². The minimum atomic E-state index is -0.160. The van der Waals surface area contributed by atoms with Crippen LogP contribution in [0.3, 0.4) is 0 Å². The van der Waals surface area contributed by atoms with Gasteiger partial charge < -0.3 is 19.7 Å². The Hall–Kier alpha value is -2.21. The van der Waals surface area contributed by atoms with Crippen LogP contribution in [0.25, 0.3) is 0 Å². The summed E-state index contributed by atoms with van der Waals surface area (Å²) in [4.78, 5) is 14.0. The number of urea groups is 1. The van der Waals surface area contributed by atoms with Gasteiger partial charge in [0.15, 0.2) is 0 Å². The van der Waals surface area contributed by atoms with Crippen LogP contribution >= 0.6 is 15.9 Å². The summed E-state index contributed by atoms with van der Waals surface area (Å²) in [7, 11) is 3.37. The van der Waals surface area contributed by atoms with Crippen LogP contribution in [0, 0.1) is 13.8 Å². The molecule has 2 aromatic carbocycles. The van der Waals surface area contributed by atoms with Crippen LogP contribution in [-0.4, -0.2) is 38.2 Å². The second-order valence-corrected chi connectivity index (χ2v) is 6.71. The van der Waals surface area contributed by atoms with E-state index >= 15 is 0 Å². The Balaban J connectivity index is 1.86. The highest BCUT2D eigenvalue weighted by Gasteiger charge is 2.12. The lowest BCUT2D eigenvalue weighted by Crippen LogP contribution is -2.34. The molecule has 2 amide bonds. The summed E-state index contributed by atoms with van der Waals surface area (Å²) in [6.07, 6.45) is 0. The van der Waals surface area contributed by atoms with Crippen molar-refractivity contribution in [3.05, 3.63) is 52.0 Å². The fraction of sp³-hybridized carbons (Fsp3) is 0.316. The summed E-state index contributed by atoms with van der Waals surface area (Å²) < 4.78 is 11.8. The fourth-order valence-corrected chi connectivity index (χ4v) is 3.07. The van der Waals surface area contributed by atoms with Gasteiger partial charge in [-0.25, -0.2) is 4.79 Å². The quantitative estimate of drug-likeness (QED) is 0.761. The zero-order valence-electron chi connectivity index (χ0n) is 14.9. The SMILES string of the molecule is COc1ccc(OCCN(C)C(=O)Nc2c(C)cc(Br)cc2C)cc1. The van der Waals surface area contributed by atoms with E-state index in [9.17, 15) is 4.79 Å². The number of anilines is 1. The van der Waals surface area contributed by atoms with Crippen LogP contribution in [0.2, 0.25) is 0 Å². The molecule has 0 aliphatic rings. The standard InChI is InChI=1S/C19H23BrN2O3/c1-13-11-15(20)12-14(2)18(13)21-19(23)22(3)9-10-25-17-7-5-16(24-4)6-8-17/h5-8,11-12H,9-10H2,1-4H3,(H,21,23). The van der Waals surface area contributed by atoms with E-state index in [1.54, 1.807) is 19.1 Å². The van der Waals surface area contributed by atoms with Crippen LogP contribution in [0.5, 0.6) is 11.5 Å². The molecule has 0 atom stereocenters. The number of nitrogens with zero attached hydrogens (tertiary/aromatic N) is 1. The van der Waals surface area contributed by atoms with Gasteiger partial charge in [-0.2, -0.15) is 0 Å². The van der Waals surface area contributed by atoms with Crippen molar-refractivity contribution in [2.45, 2.75) is 13.8 Å². The number of nitrogens with one attached hydrogen (secondary N) is 1. The molecule has 0 heterocycles. The van der Waals surface area contributed by atoms with Crippen LogP contribution < -0.4 is 14.8 Å². The number of aryl methyl sites for hydroxylation is 2. The number of halogens is 1. The number of ether oxygens (including phenoxy) is 2. The Morgan fingerprint density at radius 2 is 1.68 bits per heavy atom. The second kappa shape index (κ2) is 8.76. The Bertz CT molecular complexity index is 709. The highest BCUT2D eigenvalue weighted by molar-refractivity contribution is 9.10. The molecule has 0 unspecified atom stereocenters. The van der Waals surface area contributed by atoms with Gasteiger partial charge in [-0.3, -0.25) is 0 Å². The molecule has 0 radical (unpaired) electrons. The maximum absolute atomic E-state index is 12.4. The van der Waals surface area contributed by atoms with Gasteiger partial charge in [0.25, 0.3) is 0 Å². The number of rotatable bonds is 6. The zero-order chi connectivity index (χ0) is 18.4. The number of hydrogen-bond acceptors (Lipinski definition) is 3. The van der Waals surface area contributed by atoms with Gasteiger partial charge in [0.1, 0.15) is 18.1 Å². The van der Waals surface area contributed by atoms with Gasteiger partial charge in [0.2, 0.25) is 0 Å². The predicted molar refractivity (Wildman–Crippen MR) is 104 cm³/mol. The average molecular weight is 407 g/mol. The van der Waals surface area contributed by atoms with E-state index in [4.69, 9.17) is 9.47 Å². The minimum absolute atomic E-state index is 0.160. The molecule has 0 fully saturated rings. The molecule has 0 aromatic heterocycles. The molecule has 2 aromatic rings. The monoisotopic (exact) mass is 406 g/mol. The number of hydrogen-bond donors (Lipinski definition) is 1. The van der Waals surface area contributed by atoms with Crippen molar-refractivity contribution < 1.29 is 14.3 Å². The molecule has 5 nitrogen and oxygen atoms in total. The summed E-state index contributed by atoms with van der Waals surface area (Å²) in [6.45, 7) is 4.83. The molecule has 0 aliphatic heterocycles. The number of methoxy groups -OCH3 is 1. The number of carbonyl (C=O) groups is 1. The zero-order valence-corrected chi connectivity index (χ0v) is 16.5. The third kappa shape index (κ3) is 5.39. The highest BCUT2D eigenvalue weighted by atomic mass is 79.9. The summed E-state index contributed by atoms with van der Waals surface area (Å²) in [5.41, 5.74) is 2.88. The van der Waals surface area contributed by atoms with E-state index in [-0.39, 0.29) is 6.03 Å². The number of likely N-dealkylation sites (N-methyl/N-ethyl adjacent to an activating group) is 1. The number of carbonyl (C=O) groups excluding carboxylic acids is 1. The molecule has 0 bridgehead atoms. The van der Waals surface area contributed by atoms with Crippen molar-refractivity contribution in [2.75, 3.05) is 32.6 Å². The first-order valence-electron chi connectivity index (χ1n) is 7.96. The molecule has 0 saturated carbocycles. The van der Waals surface area contributed by atoms with Gasteiger partial charge in [0, 0.05) is 17.2 Å². The first kappa shape index (κ1) is 19.1. The van der Waals surface area contributed by atoms with Crippen molar-refractivity contribution in [1.82, 2.24) is 4.90 Å². The molecule has 0 aliphatic carbocycles. The Labute approximate surface area is 157 Å². The molecule has 2 rings (SSSR count). The summed E-state index contributed by atoms with van der Waals surface area (Å²) in [6, 6.07) is 11.2. The van der Waals surface area contributed by atoms with Crippen LogP contribution in [0.15, 0.2) is 40.9 Å². The van der Waals surface area contributed by atoms with E-state index in [0.29, 0.717) is 13.2 Å². The fourth-order valence-electron chi connectivity index (χ4n) is 2.38. The topological polar surface area (TPSA) is 50.8 Å². The van der Waals surface area contributed by atoms with Gasteiger partial charge in [-0.1, -0.05) is 15.9 Å². The molecule has 6 heteroatoms. The summed E-state index contributed by atoms with van der Waals surface area (Å²) >= 11 is 3.46. The maximum Gasteiger partial charge on any atom is 0.321 e. The molecule has 25 heavy (non-hydrogen) atoms. The minimum Gasteiger partial charge on any atom is -0.497 e. The molecular formula is C19H23BrN2O3. The van der Waals surface area contributed by atoms with Crippen LogP contribution in [0.4, 0.5) is 10.5 Å². The normalized spacial score (nSPS) is 10.3. The smallest absolute Gasteiger partial charge is 0.321 e. The van der Waals surface area contributed by atoms with Crippen LogP contribution in [-0.2, 0) is 0 Å². The van der Waals surface area contributed by atoms with E-state index in [2.05, 4.69) is 21.2 Å². The lowest BCUT2D eigenvalue weighted by molar-refractivity contribution is 0.207.